The Hall–Kier alpha value is -8.61. The van der Waals surface area contributed by atoms with Gasteiger partial charge < -0.3 is 9.47 Å². The van der Waals surface area contributed by atoms with E-state index in [0.29, 0.717) is 23.3 Å². The van der Waals surface area contributed by atoms with Crippen LogP contribution in [0.3, 0.4) is 0 Å². The summed E-state index contributed by atoms with van der Waals surface area (Å²) in [6, 6.07) is 72.5. The van der Waals surface area contributed by atoms with Gasteiger partial charge in [0, 0.05) is 27.5 Å². The van der Waals surface area contributed by atoms with E-state index in [1.165, 1.54) is 33.4 Å². The van der Waals surface area contributed by atoms with E-state index in [9.17, 15) is 0 Å². The Morgan fingerprint density at radius 3 is 1.62 bits per heavy atom. The van der Waals surface area contributed by atoms with Gasteiger partial charge in [-0.05, 0) is 92.5 Å². The first-order valence-electron chi connectivity index (χ1n) is 21.6. The lowest BCUT2D eigenvalue weighted by Gasteiger charge is -2.33. The van der Waals surface area contributed by atoms with E-state index in [0.717, 1.165) is 72.4 Å². The molecule has 0 atom stereocenters. The average molecular weight is 819 g/mol. The Bertz CT molecular complexity index is 3640. The Morgan fingerprint density at radius 2 is 0.906 bits per heavy atom. The van der Waals surface area contributed by atoms with Crippen molar-refractivity contribution in [2.45, 2.75) is 5.41 Å². The van der Waals surface area contributed by atoms with Gasteiger partial charge in [-0.25, -0.2) is 4.98 Å². The zero-order chi connectivity index (χ0) is 41.9. The van der Waals surface area contributed by atoms with Crippen LogP contribution in [-0.4, -0.2) is 19.5 Å². The minimum atomic E-state index is -0.652. The molecule has 6 nitrogen and oxygen atoms in total. The number of aromatic nitrogens is 4. The molecule has 0 fully saturated rings. The third-order valence-electron chi connectivity index (χ3n) is 13.3. The highest BCUT2D eigenvalue weighted by molar-refractivity contribution is 6.10. The summed E-state index contributed by atoms with van der Waals surface area (Å²) in [6.45, 7) is 0. The number of hydrogen-bond donors (Lipinski definition) is 0. The van der Waals surface area contributed by atoms with Gasteiger partial charge >= 0.3 is 0 Å². The molecule has 14 rings (SSSR count). The second kappa shape index (κ2) is 13.2. The van der Waals surface area contributed by atoms with Crippen molar-refractivity contribution in [2.75, 3.05) is 0 Å². The van der Waals surface area contributed by atoms with Gasteiger partial charge in [0.15, 0.2) is 34.6 Å². The van der Waals surface area contributed by atoms with Gasteiger partial charge in [0.05, 0.1) is 16.4 Å². The van der Waals surface area contributed by atoms with Crippen molar-refractivity contribution in [2.24, 2.45) is 0 Å². The van der Waals surface area contributed by atoms with Crippen molar-refractivity contribution in [1.29, 1.82) is 0 Å². The highest BCUT2D eigenvalue weighted by Gasteiger charge is 2.54. The molecular weight excluding hydrogens is 785 g/mol. The van der Waals surface area contributed by atoms with Crippen LogP contribution in [0, 0.1) is 0 Å². The molecule has 0 saturated carbocycles. The number of rotatable bonds is 4. The first-order valence-corrected chi connectivity index (χ1v) is 21.6. The van der Waals surface area contributed by atoms with E-state index in [1.54, 1.807) is 0 Å². The summed E-state index contributed by atoms with van der Waals surface area (Å²) in [5.74, 6) is 4.73. The Kier molecular flexibility index (Phi) is 7.22. The molecule has 3 aliphatic rings. The predicted molar refractivity (Wildman–Crippen MR) is 253 cm³/mol. The van der Waals surface area contributed by atoms with Crippen LogP contribution < -0.4 is 9.47 Å². The lowest BCUT2D eigenvalue weighted by atomic mass is 9.70. The Morgan fingerprint density at radius 1 is 0.359 bits per heavy atom. The second-order valence-electron chi connectivity index (χ2n) is 16.7. The monoisotopic (exact) mass is 818 g/mol. The predicted octanol–water partition coefficient (Wildman–Crippen LogP) is 14.2. The van der Waals surface area contributed by atoms with Crippen LogP contribution in [-0.2, 0) is 5.41 Å². The first-order chi connectivity index (χ1) is 31.7. The normalized spacial score (nSPS) is 13.4. The van der Waals surface area contributed by atoms with Crippen LogP contribution in [0.5, 0.6) is 23.0 Å². The first kappa shape index (κ1) is 35.0. The number of fused-ring (bicyclic) bond motifs is 16. The summed E-state index contributed by atoms with van der Waals surface area (Å²) in [5, 5.41) is 2.24. The SMILES string of the molecule is c1ccc(-c2nc(-c3ccccc3)nc(-n3c4ccccc4c4cc(-c5ccc6c(c5)C5(c7ccccc7-c7ccccc75)c5c-6ccc6c5Oc5ccccc5O6)ccc43)n2)cc1. The summed E-state index contributed by atoms with van der Waals surface area (Å²) >= 11 is 0. The summed E-state index contributed by atoms with van der Waals surface area (Å²) in [4.78, 5) is 15.3. The van der Waals surface area contributed by atoms with E-state index in [-0.39, 0.29) is 0 Å². The van der Waals surface area contributed by atoms with Crippen LogP contribution in [0.1, 0.15) is 22.3 Å². The molecule has 0 N–H and O–H groups in total. The maximum Gasteiger partial charge on any atom is 0.238 e. The summed E-state index contributed by atoms with van der Waals surface area (Å²) in [5.41, 5.74) is 15.1. The zero-order valence-electron chi connectivity index (χ0n) is 34.2. The highest BCUT2D eigenvalue weighted by atomic mass is 16.6. The van der Waals surface area contributed by atoms with E-state index >= 15 is 0 Å². The molecule has 64 heavy (non-hydrogen) atoms. The zero-order valence-corrected chi connectivity index (χ0v) is 34.2. The summed E-state index contributed by atoms with van der Waals surface area (Å²) in [6.07, 6.45) is 0. The second-order valence-corrected chi connectivity index (χ2v) is 16.7. The molecule has 1 spiro atoms. The fraction of sp³-hybridized carbons (Fsp3) is 0.0172. The molecule has 11 aromatic rings. The molecule has 1 aliphatic heterocycles. The molecule has 0 amide bonds. The topological polar surface area (TPSA) is 62.1 Å². The van der Waals surface area contributed by atoms with Crippen LogP contribution in [0.25, 0.3) is 83.9 Å². The van der Waals surface area contributed by atoms with Crippen molar-refractivity contribution in [3.63, 3.8) is 0 Å². The van der Waals surface area contributed by atoms with Gasteiger partial charge in [-0.1, -0.05) is 164 Å². The van der Waals surface area contributed by atoms with Crippen LogP contribution >= 0.6 is 0 Å². The van der Waals surface area contributed by atoms with Gasteiger partial charge in [0.1, 0.15) is 0 Å². The summed E-state index contributed by atoms with van der Waals surface area (Å²) < 4.78 is 15.7. The Labute approximate surface area is 368 Å². The standard InChI is InChI=1S/C58H34N4O2/c1-3-15-35(16-4-1)55-59-56(36-17-5-2-6-18-36)61-57(60-55)62-48-24-12-9-21-42(48)44-33-37(28-31-49(44)62)38-27-29-41-43-30-32-52-54(64-51-26-14-13-25-50(51)63-52)53(43)58(47(41)34-38)45-22-10-7-19-39(45)40-20-8-11-23-46(40)58/h1-34H. The molecule has 2 aromatic heterocycles. The van der Waals surface area contributed by atoms with Crippen molar-refractivity contribution in [1.82, 2.24) is 19.5 Å². The van der Waals surface area contributed by atoms with Gasteiger partial charge in [-0.15, -0.1) is 0 Å². The van der Waals surface area contributed by atoms with Gasteiger partial charge in [-0.2, -0.15) is 9.97 Å². The molecule has 298 valence electrons. The minimum Gasteiger partial charge on any atom is -0.450 e. The molecule has 9 aromatic carbocycles. The fourth-order valence-corrected chi connectivity index (χ4v) is 10.7. The van der Waals surface area contributed by atoms with Crippen LogP contribution in [0.15, 0.2) is 206 Å². The van der Waals surface area contributed by atoms with Crippen molar-refractivity contribution < 1.29 is 9.47 Å². The van der Waals surface area contributed by atoms with E-state index in [1.807, 2.05) is 84.9 Å². The molecule has 6 heteroatoms. The van der Waals surface area contributed by atoms with Crippen LogP contribution in [0.4, 0.5) is 0 Å². The van der Waals surface area contributed by atoms with E-state index in [4.69, 9.17) is 24.4 Å². The van der Waals surface area contributed by atoms with E-state index < -0.39 is 5.41 Å². The molecule has 0 saturated heterocycles. The molecular formula is C58H34N4O2. The minimum absolute atomic E-state index is 0.569. The lowest BCUT2D eigenvalue weighted by molar-refractivity contribution is 0.354. The molecule has 2 aliphatic carbocycles. The number of hydrogen-bond acceptors (Lipinski definition) is 5. The fourth-order valence-electron chi connectivity index (χ4n) is 10.7. The molecule has 0 radical (unpaired) electrons. The van der Waals surface area contributed by atoms with Crippen molar-refractivity contribution >= 4 is 21.8 Å². The third-order valence-corrected chi connectivity index (χ3v) is 13.3. The van der Waals surface area contributed by atoms with Crippen molar-refractivity contribution in [3.05, 3.63) is 229 Å². The van der Waals surface area contributed by atoms with Gasteiger partial charge in [0.2, 0.25) is 5.95 Å². The molecule has 0 bridgehead atoms. The van der Waals surface area contributed by atoms with E-state index in [2.05, 4.69) is 126 Å². The van der Waals surface area contributed by atoms with Gasteiger partial charge in [-0.3, -0.25) is 4.57 Å². The van der Waals surface area contributed by atoms with Gasteiger partial charge in [0.25, 0.3) is 0 Å². The number of para-hydroxylation sites is 3. The third kappa shape index (κ3) is 4.82. The number of benzene rings is 9. The number of nitrogens with zero attached hydrogens (tertiary/aromatic N) is 4. The molecule has 3 heterocycles. The van der Waals surface area contributed by atoms with Crippen molar-refractivity contribution in [3.8, 4) is 85.1 Å². The highest BCUT2D eigenvalue weighted by Crippen LogP contribution is 2.67. The maximum atomic E-state index is 6.93. The Balaban J connectivity index is 0.981. The smallest absolute Gasteiger partial charge is 0.238 e. The quantitative estimate of drug-likeness (QED) is 0.177. The lowest BCUT2D eigenvalue weighted by Crippen LogP contribution is -2.27. The molecule has 0 unspecified atom stereocenters. The van der Waals surface area contributed by atoms with Crippen LogP contribution in [0.2, 0.25) is 0 Å². The summed E-state index contributed by atoms with van der Waals surface area (Å²) in [7, 11) is 0. The largest absolute Gasteiger partial charge is 0.450 e. The maximum absolute atomic E-state index is 6.93. The number of ether oxygens (including phenoxy) is 2. The average Bonchev–Trinajstić information content (AvgIpc) is 3.97.